The first kappa shape index (κ1) is 10.1. The molecule has 6 nitrogen and oxygen atoms in total. The summed E-state index contributed by atoms with van der Waals surface area (Å²) in [7, 11) is 1.82. The van der Waals surface area contributed by atoms with E-state index in [4.69, 9.17) is 0 Å². The van der Waals surface area contributed by atoms with E-state index < -0.39 is 0 Å². The highest BCUT2D eigenvalue weighted by atomic mass is 127. The van der Waals surface area contributed by atoms with Crippen molar-refractivity contribution in [1.82, 2.24) is 19.7 Å². The Morgan fingerprint density at radius 2 is 2.40 bits per heavy atom. The van der Waals surface area contributed by atoms with Crippen LogP contribution in [0.5, 0.6) is 0 Å². The van der Waals surface area contributed by atoms with Crippen LogP contribution in [0.3, 0.4) is 0 Å². The molecule has 0 unspecified atom stereocenters. The number of hydrogen-bond acceptors (Lipinski definition) is 4. The maximum absolute atomic E-state index is 11.3. The number of nitrogens with zero attached hydrogens (tertiary/aromatic N) is 3. The highest BCUT2D eigenvalue weighted by molar-refractivity contribution is 14.1. The number of aryl methyl sites for hydroxylation is 1. The summed E-state index contributed by atoms with van der Waals surface area (Å²) in [5, 5.41) is 7.01. The summed E-state index contributed by atoms with van der Waals surface area (Å²) in [6.45, 7) is 0. The molecule has 2 rings (SSSR count). The first-order chi connectivity index (χ1) is 7.16. The van der Waals surface area contributed by atoms with Crippen molar-refractivity contribution in [2.75, 3.05) is 5.32 Å². The number of nitrogens with one attached hydrogen (secondary N) is 2. The molecular formula is C8H8IN5O. The van der Waals surface area contributed by atoms with Crippen LogP contribution in [0.2, 0.25) is 0 Å². The lowest BCUT2D eigenvalue weighted by Crippen LogP contribution is -2.12. The zero-order chi connectivity index (χ0) is 10.8. The average molecular weight is 317 g/mol. The second-order valence-corrected chi connectivity index (χ2v) is 4.00. The van der Waals surface area contributed by atoms with Crippen molar-refractivity contribution in [2.45, 2.75) is 0 Å². The van der Waals surface area contributed by atoms with E-state index in [9.17, 15) is 4.79 Å². The van der Waals surface area contributed by atoms with Gasteiger partial charge in [0.25, 0.3) is 5.56 Å². The molecule has 78 valence electrons. The van der Waals surface area contributed by atoms with E-state index in [0.29, 0.717) is 9.39 Å². The highest BCUT2D eigenvalue weighted by Crippen LogP contribution is 2.15. The highest BCUT2D eigenvalue weighted by Gasteiger charge is 2.05. The van der Waals surface area contributed by atoms with Gasteiger partial charge in [0.2, 0.25) is 0 Å². The lowest BCUT2D eigenvalue weighted by Gasteiger charge is -2.02. The molecule has 2 N–H and O–H groups in total. The van der Waals surface area contributed by atoms with Crippen LogP contribution in [0.1, 0.15) is 0 Å². The van der Waals surface area contributed by atoms with Gasteiger partial charge in [-0.25, -0.2) is 4.98 Å². The van der Waals surface area contributed by atoms with Crippen molar-refractivity contribution in [3.8, 4) is 0 Å². The summed E-state index contributed by atoms with van der Waals surface area (Å²) in [5.74, 6) is 0.535. The molecule has 0 atom stereocenters. The minimum atomic E-state index is -0.156. The van der Waals surface area contributed by atoms with Gasteiger partial charge in [0.15, 0.2) is 5.82 Å². The van der Waals surface area contributed by atoms with Crippen LogP contribution < -0.4 is 10.9 Å². The SMILES string of the molecule is Cn1cc(Nc2nc[nH]c(=O)c2I)cn1. The Bertz CT molecular complexity index is 532. The summed E-state index contributed by atoms with van der Waals surface area (Å²) in [5.41, 5.74) is 0.644. The summed E-state index contributed by atoms with van der Waals surface area (Å²) in [4.78, 5) is 17.8. The Balaban J connectivity index is 2.32. The van der Waals surface area contributed by atoms with Gasteiger partial charge in [-0.15, -0.1) is 0 Å². The number of hydrogen-bond donors (Lipinski definition) is 2. The first-order valence-corrected chi connectivity index (χ1v) is 5.23. The van der Waals surface area contributed by atoms with Gasteiger partial charge in [0.05, 0.1) is 18.2 Å². The molecule has 0 spiro atoms. The molecule has 0 radical (unpaired) electrons. The standard InChI is InChI=1S/C8H8IN5O/c1-14-3-5(2-12-14)13-7-6(9)8(15)11-4-10-7/h2-4H,1H3,(H2,10,11,13,15). The fourth-order valence-electron chi connectivity index (χ4n) is 1.09. The van der Waals surface area contributed by atoms with Crippen molar-refractivity contribution in [3.63, 3.8) is 0 Å². The van der Waals surface area contributed by atoms with Gasteiger partial charge in [0, 0.05) is 13.2 Å². The normalized spacial score (nSPS) is 10.3. The lowest BCUT2D eigenvalue weighted by atomic mass is 10.5. The van der Waals surface area contributed by atoms with Crippen LogP contribution in [0, 0.1) is 3.57 Å². The molecule has 0 saturated carbocycles. The van der Waals surface area contributed by atoms with E-state index in [2.05, 4.69) is 20.4 Å². The molecule has 2 aromatic rings. The zero-order valence-corrected chi connectivity index (χ0v) is 10.0. The molecular weight excluding hydrogens is 309 g/mol. The fourth-order valence-corrected chi connectivity index (χ4v) is 1.52. The molecule has 0 aromatic carbocycles. The Morgan fingerprint density at radius 3 is 3.07 bits per heavy atom. The Hall–Kier alpha value is -1.38. The van der Waals surface area contributed by atoms with Crippen molar-refractivity contribution in [2.24, 2.45) is 7.05 Å². The number of aromatic amines is 1. The molecule has 7 heteroatoms. The Morgan fingerprint density at radius 1 is 1.60 bits per heavy atom. The van der Waals surface area contributed by atoms with E-state index in [0.717, 1.165) is 5.69 Å². The first-order valence-electron chi connectivity index (χ1n) is 4.15. The molecule has 0 aliphatic heterocycles. The maximum Gasteiger partial charge on any atom is 0.266 e. The third-order valence-corrected chi connectivity index (χ3v) is 2.76. The number of aromatic nitrogens is 4. The van der Waals surface area contributed by atoms with E-state index >= 15 is 0 Å². The van der Waals surface area contributed by atoms with E-state index in [1.165, 1.54) is 6.33 Å². The van der Waals surface area contributed by atoms with Crippen LogP contribution in [0.15, 0.2) is 23.5 Å². The average Bonchev–Trinajstić information content (AvgIpc) is 2.59. The van der Waals surface area contributed by atoms with Crippen molar-refractivity contribution in [3.05, 3.63) is 32.6 Å². The van der Waals surface area contributed by atoms with Crippen LogP contribution >= 0.6 is 22.6 Å². The van der Waals surface area contributed by atoms with Gasteiger partial charge >= 0.3 is 0 Å². The zero-order valence-electron chi connectivity index (χ0n) is 7.86. The lowest BCUT2D eigenvalue weighted by molar-refractivity contribution is 0.768. The van der Waals surface area contributed by atoms with E-state index in [-0.39, 0.29) is 5.56 Å². The largest absolute Gasteiger partial charge is 0.337 e. The monoisotopic (exact) mass is 317 g/mol. The van der Waals surface area contributed by atoms with Crippen molar-refractivity contribution >= 4 is 34.1 Å². The molecule has 2 heterocycles. The minimum absolute atomic E-state index is 0.156. The Labute approximate surface area is 98.9 Å². The number of H-pyrrole nitrogens is 1. The minimum Gasteiger partial charge on any atom is -0.337 e. The summed E-state index contributed by atoms with van der Waals surface area (Å²) < 4.78 is 2.20. The molecule has 0 amide bonds. The Kier molecular flexibility index (Phi) is 2.71. The summed E-state index contributed by atoms with van der Waals surface area (Å²) in [6.07, 6.45) is 4.83. The van der Waals surface area contributed by atoms with Crippen LogP contribution in [-0.4, -0.2) is 19.7 Å². The third-order valence-electron chi connectivity index (χ3n) is 1.76. The predicted molar refractivity (Wildman–Crippen MR) is 64.1 cm³/mol. The van der Waals surface area contributed by atoms with Gasteiger partial charge in [-0.2, -0.15) is 5.10 Å². The maximum atomic E-state index is 11.3. The van der Waals surface area contributed by atoms with Crippen molar-refractivity contribution < 1.29 is 0 Å². The van der Waals surface area contributed by atoms with Gasteiger partial charge < -0.3 is 10.3 Å². The molecule has 0 bridgehead atoms. The molecule has 15 heavy (non-hydrogen) atoms. The molecule has 2 aromatic heterocycles. The van der Waals surface area contributed by atoms with Crippen molar-refractivity contribution in [1.29, 1.82) is 0 Å². The molecule has 0 fully saturated rings. The fraction of sp³-hybridized carbons (Fsp3) is 0.125. The van der Waals surface area contributed by atoms with Gasteiger partial charge in [-0.05, 0) is 22.6 Å². The van der Waals surface area contributed by atoms with Gasteiger partial charge in [0.1, 0.15) is 3.57 Å². The smallest absolute Gasteiger partial charge is 0.266 e. The second-order valence-electron chi connectivity index (χ2n) is 2.92. The predicted octanol–water partition coefficient (Wildman–Crippen LogP) is 0.852. The molecule has 0 aliphatic rings. The molecule has 0 aliphatic carbocycles. The number of halogens is 1. The quantitative estimate of drug-likeness (QED) is 0.805. The summed E-state index contributed by atoms with van der Waals surface area (Å²) in [6, 6.07) is 0. The summed E-state index contributed by atoms with van der Waals surface area (Å²) >= 11 is 1.94. The van der Waals surface area contributed by atoms with Gasteiger partial charge in [-0.1, -0.05) is 0 Å². The molecule has 0 saturated heterocycles. The second kappa shape index (κ2) is 4.01. The van der Waals surface area contributed by atoms with Crippen LogP contribution in [-0.2, 0) is 7.05 Å². The topological polar surface area (TPSA) is 75.6 Å². The number of anilines is 2. The van der Waals surface area contributed by atoms with Crippen LogP contribution in [0.4, 0.5) is 11.5 Å². The number of rotatable bonds is 2. The van der Waals surface area contributed by atoms with E-state index in [1.54, 1.807) is 17.1 Å². The van der Waals surface area contributed by atoms with Crippen LogP contribution in [0.25, 0.3) is 0 Å². The van der Waals surface area contributed by atoms with E-state index in [1.807, 2.05) is 29.6 Å². The third kappa shape index (κ3) is 2.17. The van der Waals surface area contributed by atoms with Gasteiger partial charge in [-0.3, -0.25) is 9.48 Å².